The van der Waals surface area contributed by atoms with Gasteiger partial charge in [-0.15, -0.1) is 0 Å². The van der Waals surface area contributed by atoms with Crippen LogP contribution in [-0.4, -0.2) is 22.5 Å². The average Bonchev–Trinajstić information content (AvgIpc) is 2.49. The molecule has 1 aromatic heterocycles. The summed E-state index contributed by atoms with van der Waals surface area (Å²) in [5.41, 5.74) is 1.88. The molecule has 22 heavy (non-hydrogen) atoms. The summed E-state index contributed by atoms with van der Waals surface area (Å²) >= 11 is 6.15. The molecule has 116 valence electrons. The first-order valence-corrected chi connectivity index (χ1v) is 7.35. The van der Waals surface area contributed by atoms with Crippen molar-refractivity contribution in [2.75, 3.05) is 11.9 Å². The maximum absolute atomic E-state index is 11.9. The van der Waals surface area contributed by atoms with E-state index in [4.69, 9.17) is 16.3 Å². The fraction of sp³-hybridized carbons (Fsp3) is 0.312. The number of nitrogens with zero attached hydrogens (tertiary/aromatic N) is 2. The van der Waals surface area contributed by atoms with Crippen molar-refractivity contribution in [1.29, 1.82) is 0 Å². The molecule has 0 aliphatic rings. The predicted molar refractivity (Wildman–Crippen MR) is 86.4 cm³/mol. The summed E-state index contributed by atoms with van der Waals surface area (Å²) in [5.74, 6) is 0.857. The lowest BCUT2D eigenvalue weighted by atomic mass is 10.0. The largest absolute Gasteiger partial charge is 0.483 e. The molecule has 2 rings (SSSR count). The van der Waals surface area contributed by atoms with Crippen LogP contribution in [0.5, 0.6) is 5.75 Å². The van der Waals surface area contributed by atoms with E-state index in [1.165, 1.54) is 0 Å². The van der Waals surface area contributed by atoms with Gasteiger partial charge in [-0.05, 0) is 42.2 Å². The number of ether oxygens (including phenoxy) is 1. The van der Waals surface area contributed by atoms with Gasteiger partial charge in [-0.25, -0.2) is 9.97 Å². The standard InChI is InChI=1S/C16H18ClN3O2/c1-10(2)12-8-13(17)11(3)7-14(12)22-9-15(21)20-16-18-5-4-6-19-16/h4-8,10H,9H2,1-3H3,(H,18,19,20,21). The van der Waals surface area contributed by atoms with Crippen LogP contribution in [-0.2, 0) is 4.79 Å². The van der Waals surface area contributed by atoms with Crippen molar-refractivity contribution in [2.45, 2.75) is 26.7 Å². The first kappa shape index (κ1) is 16.2. The van der Waals surface area contributed by atoms with Gasteiger partial charge in [0.1, 0.15) is 5.75 Å². The van der Waals surface area contributed by atoms with Gasteiger partial charge in [0, 0.05) is 17.4 Å². The van der Waals surface area contributed by atoms with Crippen molar-refractivity contribution in [3.8, 4) is 5.75 Å². The second-order valence-corrected chi connectivity index (χ2v) is 5.61. The van der Waals surface area contributed by atoms with E-state index >= 15 is 0 Å². The van der Waals surface area contributed by atoms with Crippen molar-refractivity contribution in [3.63, 3.8) is 0 Å². The number of halogens is 1. The minimum Gasteiger partial charge on any atom is -0.483 e. The lowest BCUT2D eigenvalue weighted by Crippen LogP contribution is -2.21. The molecule has 0 saturated heterocycles. The monoisotopic (exact) mass is 319 g/mol. The molecule has 1 amide bonds. The molecule has 5 nitrogen and oxygen atoms in total. The second-order valence-electron chi connectivity index (χ2n) is 5.20. The Balaban J connectivity index is 2.05. The third-order valence-electron chi connectivity index (χ3n) is 3.09. The summed E-state index contributed by atoms with van der Waals surface area (Å²) in [6.07, 6.45) is 3.12. The maximum atomic E-state index is 11.9. The number of aryl methyl sites for hydroxylation is 1. The highest BCUT2D eigenvalue weighted by Crippen LogP contribution is 2.31. The Hall–Kier alpha value is -2.14. The molecule has 0 radical (unpaired) electrons. The molecule has 0 aliphatic carbocycles. The number of hydrogen-bond acceptors (Lipinski definition) is 4. The van der Waals surface area contributed by atoms with E-state index in [0.29, 0.717) is 10.8 Å². The Morgan fingerprint density at radius 1 is 1.32 bits per heavy atom. The zero-order chi connectivity index (χ0) is 16.1. The van der Waals surface area contributed by atoms with Gasteiger partial charge in [0.2, 0.25) is 5.95 Å². The van der Waals surface area contributed by atoms with Crippen LogP contribution in [0.2, 0.25) is 5.02 Å². The maximum Gasteiger partial charge on any atom is 0.264 e. The topological polar surface area (TPSA) is 64.1 Å². The quantitative estimate of drug-likeness (QED) is 0.915. The van der Waals surface area contributed by atoms with Gasteiger partial charge in [-0.3, -0.25) is 10.1 Å². The molecule has 0 bridgehead atoms. The number of rotatable bonds is 5. The molecule has 6 heteroatoms. The number of nitrogens with one attached hydrogen (secondary N) is 1. The number of amides is 1. The van der Waals surface area contributed by atoms with Gasteiger partial charge < -0.3 is 4.74 Å². The molecule has 0 saturated carbocycles. The molecule has 0 unspecified atom stereocenters. The molecular formula is C16H18ClN3O2. The summed E-state index contributed by atoms with van der Waals surface area (Å²) in [6.45, 7) is 5.88. The molecule has 0 atom stereocenters. The number of hydrogen-bond donors (Lipinski definition) is 1. The van der Waals surface area contributed by atoms with Gasteiger partial charge >= 0.3 is 0 Å². The third-order valence-corrected chi connectivity index (χ3v) is 3.50. The molecule has 2 aromatic rings. The molecule has 0 fully saturated rings. The van der Waals surface area contributed by atoms with E-state index in [2.05, 4.69) is 15.3 Å². The summed E-state index contributed by atoms with van der Waals surface area (Å²) in [4.78, 5) is 19.7. The van der Waals surface area contributed by atoms with Gasteiger partial charge in [0.05, 0.1) is 0 Å². The number of carbonyl (C=O) groups is 1. The van der Waals surface area contributed by atoms with Crippen LogP contribution in [0.15, 0.2) is 30.6 Å². The number of benzene rings is 1. The van der Waals surface area contributed by atoms with Crippen LogP contribution in [0.25, 0.3) is 0 Å². The molecular weight excluding hydrogens is 302 g/mol. The Kier molecular flexibility index (Phi) is 5.33. The van der Waals surface area contributed by atoms with Crippen molar-refractivity contribution in [1.82, 2.24) is 9.97 Å². The lowest BCUT2D eigenvalue weighted by molar-refractivity contribution is -0.118. The summed E-state index contributed by atoms with van der Waals surface area (Å²) in [5, 5.41) is 3.27. The fourth-order valence-electron chi connectivity index (χ4n) is 1.91. The number of aromatic nitrogens is 2. The fourth-order valence-corrected chi connectivity index (χ4v) is 2.09. The van der Waals surface area contributed by atoms with E-state index in [1.54, 1.807) is 18.5 Å². The molecule has 1 N–H and O–H groups in total. The van der Waals surface area contributed by atoms with E-state index < -0.39 is 0 Å². The van der Waals surface area contributed by atoms with Gasteiger partial charge in [0.15, 0.2) is 6.61 Å². The van der Waals surface area contributed by atoms with Crippen molar-refractivity contribution in [2.24, 2.45) is 0 Å². The van der Waals surface area contributed by atoms with Gasteiger partial charge in [0.25, 0.3) is 5.91 Å². The van der Waals surface area contributed by atoms with Crippen LogP contribution in [0.4, 0.5) is 5.95 Å². The molecule has 1 heterocycles. The molecule has 0 spiro atoms. The lowest BCUT2D eigenvalue weighted by Gasteiger charge is -2.15. The van der Waals surface area contributed by atoms with Crippen LogP contribution in [0, 0.1) is 6.92 Å². The normalized spacial score (nSPS) is 10.6. The van der Waals surface area contributed by atoms with Crippen LogP contribution < -0.4 is 10.1 Å². The Bertz CT molecular complexity index is 660. The first-order valence-electron chi connectivity index (χ1n) is 6.97. The summed E-state index contributed by atoms with van der Waals surface area (Å²) in [7, 11) is 0. The van der Waals surface area contributed by atoms with Gasteiger partial charge in [-0.2, -0.15) is 0 Å². The highest BCUT2D eigenvalue weighted by molar-refractivity contribution is 6.31. The molecule has 0 aliphatic heterocycles. The number of anilines is 1. The van der Waals surface area contributed by atoms with E-state index in [9.17, 15) is 4.79 Å². The zero-order valence-electron chi connectivity index (χ0n) is 12.8. The van der Waals surface area contributed by atoms with E-state index in [1.807, 2.05) is 32.9 Å². The Morgan fingerprint density at radius 2 is 2.00 bits per heavy atom. The summed E-state index contributed by atoms with van der Waals surface area (Å²) in [6, 6.07) is 5.41. The average molecular weight is 320 g/mol. The van der Waals surface area contributed by atoms with E-state index in [-0.39, 0.29) is 24.4 Å². The highest BCUT2D eigenvalue weighted by atomic mass is 35.5. The highest BCUT2D eigenvalue weighted by Gasteiger charge is 2.13. The van der Waals surface area contributed by atoms with Crippen LogP contribution in [0.1, 0.15) is 30.9 Å². The van der Waals surface area contributed by atoms with Crippen molar-refractivity contribution in [3.05, 3.63) is 46.7 Å². The van der Waals surface area contributed by atoms with Crippen LogP contribution >= 0.6 is 11.6 Å². The first-order chi connectivity index (χ1) is 10.5. The van der Waals surface area contributed by atoms with E-state index in [0.717, 1.165) is 11.1 Å². The third kappa shape index (κ3) is 4.18. The van der Waals surface area contributed by atoms with Gasteiger partial charge in [-0.1, -0.05) is 25.4 Å². The predicted octanol–water partition coefficient (Wildman–Crippen LogP) is 3.58. The Morgan fingerprint density at radius 3 is 2.64 bits per heavy atom. The summed E-state index contributed by atoms with van der Waals surface area (Å²) < 4.78 is 5.64. The zero-order valence-corrected chi connectivity index (χ0v) is 13.5. The number of carbonyl (C=O) groups excluding carboxylic acids is 1. The minimum atomic E-state index is -0.312. The van der Waals surface area contributed by atoms with Crippen molar-refractivity contribution < 1.29 is 9.53 Å². The van der Waals surface area contributed by atoms with Crippen LogP contribution in [0.3, 0.4) is 0 Å². The smallest absolute Gasteiger partial charge is 0.264 e. The second kappa shape index (κ2) is 7.22. The SMILES string of the molecule is Cc1cc(OCC(=O)Nc2ncccn2)c(C(C)C)cc1Cl. The Labute approximate surface area is 134 Å². The van der Waals surface area contributed by atoms with Crippen molar-refractivity contribution >= 4 is 23.5 Å². The molecule has 1 aromatic carbocycles. The minimum absolute atomic E-state index is 0.112.